The zero-order valence-corrected chi connectivity index (χ0v) is 92.2. The summed E-state index contributed by atoms with van der Waals surface area (Å²) >= 11 is 0. The number of nitrogens with one attached hydrogen (secondary N) is 3. The number of alkyl halides is 12. The van der Waals surface area contributed by atoms with Crippen LogP contribution in [0.25, 0.3) is 114 Å². The number of benzene rings is 2. The van der Waals surface area contributed by atoms with E-state index in [1.165, 1.54) is 98.3 Å². The first-order valence-corrected chi connectivity index (χ1v) is 45.7. The Morgan fingerprint density at radius 1 is 0.358 bits per heavy atom. The van der Waals surface area contributed by atoms with Crippen molar-refractivity contribution in [1.29, 1.82) is 0 Å². The number of hydrogen-bond acceptors (Lipinski definition) is 20. The van der Waals surface area contributed by atoms with Crippen LogP contribution in [-0.4, -0.2) is 116 Å². The number of pyridine rings is 5. The van der Waals surface area contributed by atoms with Crippen molar-refractivity contribution in [1.82, 2.24) is 157 Å². The Morgan fingerprint density at radius 3 is 1.07 bits per heavy atom. The second-order valence-corrected chi connectivity index (χ2v) is 37.7. The fourth-order valence-corrected chi connectivity index (χ4v) is 18.8. The van der Waals surface area contributed by atoms with E-state index in [0.29, 0.717) is 63.0 Å². The topological polar surface area (TPSA) is 418 Å². The summed E-state index contributed by atoms with van der Waals surface area (Å²) in [5.74, 6) is -0.734. The molecule has 31 nitrogen and oxygen atoms in total. The molecule has 16 aromatic heterocycles. The smallest absolute Gasteiger partial charge is 0.576 e. The minimum atomic E-state index is -4.61. The number of aromatic amines is 3. The van der Waals surface area contributed by atoms with E-state index in [1.807, 2.05) is 68.1 Å². The molecule has 4 bridgehead atoms. The molecule has 0 amide bonds. The molecule has 2 aromatic carbocycles. The van der Waals surface area contributed by atoms with Gasteiger partial charge in [0.1, 0.15) is 40.1 Å². The summed E-state index contributed by atoms with van der Waals surface area (Å²) in [6.07, 6.45) is -2.53. The van der Waals surface area contributed by atoms with Crippen LogP contribution in [0.3, 0.4) is 0 Å². The molecule has 4 aliphatic rings. The monoisotopic (exact) mass is 2750 g/mol. The SMILES string of the molecule is CC(C)Cc1ccnc(-c2n[nH]c3c2C2CCC3(C)C2(C)C)c1.CC12CCC(c3c(-c4ccccn4)n[nH]c31)C2(C)C.Cc1cc(-c2cc(C(F)(F)F)n[n-]2)[n-]n1.Cc1cc(-c2cc(C(F)(F)F)n[n-]2)[n-]n1.Cc1cc(-c2ccccn2)n[nH]1.Cc1cc(C)c(-c2ccc(-c3ccc(-c4c(C)cc(C)cc4C)cn3)nc2)c(C)c1.Cc1n[n-]c(-c2nc(C(F)(F)F)n[n-]2)n1.Cc1n[n-]c(-c2nc(C(F)(F)F)n[n-]2)n1.[Pt+2].[Pt+2].[Pt+2].[Pt+2]. The Balaban J connectivity index is 0.000000163. The van der Waals surface area contributed by atoms with Gasteiger partial charge in [0.05, 0.1) is 28.5 Å². The van der Waals surface area contributed by atoms with Gasteiger partial charge in [0.15, 0.2) is 0 Å². The normalized spacial score (nSPS) is 16.1. The van der Waals surface area contributed by atoms with Gasteiger partial charge in [-0.15, -0.1) is 22.8 Å². The minimum Gasteiger partial charge on any atom is -0.576 e. The molecular formula is C101H99F12N31Pt4. The van der Waals surface area contributed by atoms with Gasteiger partial charge in [0.25, 0.3) is 0 Å². The molecule has 2 fully saturated rings. The minimum absolute atomic E-state index is 0. The van der Waals surface area contributed by atoms with Gasteiger partial charge in [-0.25, -0.2) is 0 Å². The van der Waals surface area contributed by atoms with Crippen LogP contribution in [0.5, 0.6) is 0 Å². The van der Waals surface area contributed by atoms with E-state index in [1.54, 1.807) is 46.0 Å². The fraction of sp³-hybridized carbons (Fsp3) is 0.347. The third-order valence-electron chi connectivity index (χ3n) is 26.3. The summed E-state index contributed by atoms with van der Waals surface area (Å²) < 4.78 is 146. The Kier molecular flexibility index (Phi) is 36.3. The molecule has 16 heterocycles. The van der Waals surface area contributed by atoms with Gasteiger partial charge >= 0.3 is 109 Å². The quantitative estimate of drug-likeness (QED) is 0.0956. The Labute approximate surface area is 900 Å². The Morgan fingerprint density at radius 2 is 0.736 bits per heavy atom. The van der Waals surface area contributed by atoms with E-state index in [9.17, 15) is 52.7 Å². The van der Waals surface area contributed by atoms with Crippen molar-refractivity contribution in [3.63, 3.8) is 0 Å². The number of aryl methyl sites for hydroxylation is 11. The van der Waals surface area contributed by atoms with E-state index >= 15 is 0 Å². The second-order valence-electron chi connectivity index (χ2n) is 37.7. The molecule has 148 heavy (non-hydrogen) atoms. The van der Waals surface area contributed by atoms with Gasteiger partial charge in [0, 0.05) is 104 Å². The van der Waals surface area contributed by atoms with Crippen molar-refractivity contribution >= 4 is 0 Å². The molecular weight excluding hydrogens is 2660 g/mol. The fourth-order valence-electron chi connectivity index (χ4n) is 18.8. The first kappa shape index (κ1) is 115. The molecule has 3 N–H and O–H groups in total. The van der Waals surface area contributed by atoms with E-state index in [2.05, 4.69) is 306 Å². The van der Waals surface area contributed by atoms with Crippen LogP contribution in [0.15, 0.2) is 158 Å². The predicted molar refractivity (Wildman–Crippen MR) is 508 cm³/mol. The van der Waals surface area contributed by atoms with Crippen molar-refractivity contribution in [3.8, 4) is 114 Å². The average molecular weight is 2760 g/mol. The average Bonchev–Trinajstić information content (AvgIpc) is 1.52. The largest absolute Gasteiger partial charge is 2.00 e. The van der Waals surface area contributed by atoms with Gasteiger partial charge in [-0.1, -0.05) is 127 Å². The van der Waals surface area contributed by atoms with E-state index < -0.39 is 47.7 Å². The Bertz CT molecular complexity index is 6960. The van der Waals surface area contributed by atoms with Gasteiger partial charge < -0.3 is 81.1 Å². The third-order valence-corrected chi connectivity index (χ3v) is 26.3. The van der Waals surface area contributed by atoms with Gasteiger partial charge in [0.2, 0.25) is 0 Å². The van der Waals surface area contributed by atoms with Gasteiger partial charge in [-0.3, -0.25) is 60.6 Å². The number of rotatable bonds is 12. The molecule has 4 aliphatic carbocycles. The summed E-state index contributed by atoms with van der Waals surface area (Å²) in [4.78, 5) is 36.5. The van der Waals surface area contributed by atoms with E-state index in [4.69, 9.17) is 15.1 Å². The van der Waals surface area contributed by atoms with Crippen molar-refractivity contribution in [3.05, 3.63) is 272 Å². The number of fused-ring (bicyclic) bond motifs is 10. The number of aromatic nitrogens is 31. The number of H-pyrrole nitrogens is 3. The summed E-state index contributed by atoms with van der Waals surface area (Å²) in [5.41, 5.74) is 29.4. The molecule has 18 aromatic rings. The zero-order valence-electron chi connectivity index (χ0n) is 83.1. The van der Waals surface area contributed by atoms with E-state index in [-0.39, 0.29) is 130 Å². The second kappa shape index (κ2) is 46.5. The van der Waals surface area contributed by atoms with Gasteiger partial charge in [-0.05, 0) is 266 Å². The molecule has 22 rings (SSSR count). The number of halogens is 12. The zero-order chi connectivity index (χ0) is 104. The standard InChI is InChI=1S/C28H28N2.C20H27N3.C16H19N3.C9H9N3.2C8H5F3N4.2C6H3F3N6.4Pt/c1-17-11-19(3)27(20(4)12-17)23-7-9-25(29-15-23)26-10-8-24(16-30-26)28-21(5)13-18(2)14-22(28)6;1-12(2)10-13-7-9-21-15(11-13)17-16-14-6-8-20(5,19(14,3)4)18(16)23-22-17;1-15(2)10-7-8-16(15,3)14-12(10)13(18-19-14)11-6-4-5-9-17-11;1-7-6-9(12-11-7)8-4-2-3-5-10-8;2*1-4-2-5(13-12-4)6-3-7(15-14-6)8(9,10)11;2*1-2-10-3(13-12-2)4-11-5(15-14-4)6(7,8)9;;;;/h7-16H,1-6H3;7,9,11-12,14H,6,8,10H2,1-5H3,(H,22,23);4-6,9-10H,7-8H2,1-3H3,(H,18,19);2-6H,1H3,(H,11,12);2*2-3H,1H3;2*1H3;;;;/q;;;;4*-2;4*+2. The summed E-state index contributed by atoms with van der Waals surface area (Å²) in [7, 11) is 0. The van der Waals surface area contributed by atoms with Crippen LogP contribution in [-0.2, 0) is 126 Å². The van der Waals surface area contributed by atoms with Crippen LogP contribution < -0.4 is 40.8 Å². The first-order chi connectivity index (χ1) is 67.9. The molecule has 47 heteroatoms. The Hall–Kier alpha value is -12.9. The summed E-state index contributed by atoms with van der Waals surface area (Å²) in [5, 5.41) is 76.7. The predicted octanol–water partition coefficient (Wildman–Crippen LogP) is 20.7. The van der Waals surface area contributed by atoms with Crippen LogP contribution >= 0.6 is 0 Å². The molecule has 4 atom stereocenters. The number of nitrogens with zero attached hydrogens (tertiary/aromatic N) is 28. The molecule has 0 aliphatic heterocycles. The van der Waals surface area contributed by atoms with Crippen LogP contribution in [0.4, 0.5) is 52.7 Å². The maximum Gasteiger partial charge on any atom is 2.00 e. The van der Waals surface area contributed by atoms with Crippen molar-refractivity contribution < 1.29 is 137 Å². The van der Waals surface area contributed by atoms with Gasteiger partial charge in [-0.2, -0.15) is 68.0 Å². The van der Waals surface area contributed by atoms with Crippen LogP contribution in [0.2, 0.25) is 0 Å². The third kappa shape index (κ3) is 25.5. The van der Waals surface area contributed by atoms with Crippen molar-refractivity contribution in [2.24, 2.45) is 16.7 Å². The van der Waals surface area contributed by atoms with Crippen LogP contribution in [0, 0.1) is 92.9 Å². The molecule has 0 saturated heterocycles. The molecule has 2 saturated carbocycles. The first-order valence-electron chi connectivity index (χ1n) is 45.7. The molecule has 0 radical (unpaired) electrons. The number of hydrogen-bond donors (Lipinski definition) is 3. The molecule has 4 unspecified atom stereocenters. The molecule has 782 valence electrons. The van der Waals surface area contributed by atoms with E-state index in [0.717, 1.165) is 80.9 Å². The van der Waals surface area contributed by atoms with Crippen LogP contribution in [0.1, 0.15) is 206 Å². The van der Waals surface area contributed by atoms with Crippen molar-refractivity contribution in [2.45, 2.75) is 211 Å². The maximum atomic E-state index is 12.2. The van der Waals surface area contributed by atoms with Crippen molar-refractivity contribution in [2.75, 3.05) is 0 Å². The molecule has 0 spiro atoms. The summed E-state index contributed by atoms with van der Waals surface area (Å²) in [6.45, 7) is 40.4. The summed E-state index contributed by atoms with van der Waals surface area (Å²) in [6, 6.07) is 40.3. The maximum absolute atomic E-state index is 12.2.